The Labute approximate surface area is 237 Å². The quantitative estimate of drug-likeness (QED) is 0.443. The molecule has 2 aliphatic heterocycles. The van der Waals surface area contributed by atoms with Crippen LogP contribution in [0.15, 0.2) is 58.9 Å². The first kappa shape index (κ1) is 27.4. The number of amides is 2. The molecule has 0 radical (unpaired) electrons. The van der Waals surface area contributed by atoms with Crippen molar-refractivity contribution in [3.05, 3.63) is 64.6 Å². The zero-order valence-electron chi connectivity index (χ0n) is 21.7. The molecule has 9 nitrogen and oxygen atoms in total. The Balaban J connectivity index is 1.28. The second-order valence-electron chi connectivity index (χ2n) is 10.0. The van der Waals surface area contributed by atoms with Gasteiger partial charge in [0.1, 0.15) is 12.6 Å². The van der Waals surface area contributed by atoms with Gasteiger partial charge in [-0.05, 0) is 66.8 Å². The molecule has 39 heavy (non-hydrogen) atoms. The van der Waals surface area contributed by atoms with Crippen LogP contribution in [0.3, 0.4) is 0 Å². The summed E-state index contributed by atoms with van der Waals surface area (Å²) < 4.78 is 27.7. The van der Waals surface area contributed by atoms with Gasteiger partial charge in [-0.25, -0.2) is 13.4 Å². The molecular formula is C27H30ClN5O4S2. The van der Waals surface area contributed by atoms with Gasteiger partial charge < -0.3 is 14.7 Å². The predicted molar refractivity (Wildman–Crippen MR) is 154 cm³/mol. The number of aromatic nitrogens is 1. The highest BCUT2D eigenvalue weighted by molar-refractivity contribution is 7.93. The number of sulfonamides is 1. The molecule has 2 aromatic carbocycles. The van der Waals surface area contributed by atoms with Crippen LogP contribution in [0, 0.1) is 5.92 Å². The average molecular weight is 588 g/mol. The Kier molecular flexibility index (Phi) is 7.84. The Hall–Kier alpha value is -3.15. The van der Waals surface area contributed by atoms with Gasteiger partial charge in [0.25, 0.3) is 10.0 Å². The molecule has 1 N–H and O–H groups in total. The first-order valence-electron chi connectivity index (χ1n) is 12.8. The van der Waals surface area contributed by atoms with Crippen molar-refractivity contribution in [3.8, 4) is 0 Å². The maximum absolute atomic E-state index is 13.8. The summed E-state index contributed by atoms with van der Waals surface area (Å²) in [6.07, 6.45) is 3.37. The molecular weight excluding hydrogens is 558 g/mol. The molecule has 1 saturated heterocycles. The van der Waals surface area contributed by atoms with E-state index in [4.69, 9.17) is 11.6 Å². The van der Waals surface area contributed by atoms with Crippen molar-refractivity contribution in [2.24, 2.45) is 5.92 Å². The highest BCUT2D eigenvalue weighted by Crippen LogP contribution is 2.33. The summed E-state index contributed by atoms with van der Waals surface area (Å²) in [6, 6.07) is 11.6. The lowest BCUT2D eigenvalue weighted by Crippen LogP contribution is -2.59. The molecule has 1 fully saturated rings. The summed E-state index contributed by atoms with van der Waals surface area (Å²) in [7, 11) is -3.79. The van der Waals surface area contributed by atoms with E-state index in [1.54, 1.807) is 27.3 Å². The van der Waals surface area contributed by atoms with Crippen LogP contribution in [0.25, 0.3) is 0 Å². The molecule has 5 rings (SSSR count). The van der Waals surface area contributed by atoms with E-state index in [9.17, 15) is 18.0 Å². The Bertz CT molecular complexity index is 1460. The van der Waals surface area contributed by atoms with Gasteiger partial charge in [-0.2, -0.15) is 0 Å². The molecule has 0 bridgehead atoms. The number of carbonyl (C=O) groups excluding carboxylic acids is 2. The fourth-order valence-corrected chi connectivity index (χ4v) is 7.22. The number of hydrogen-bond acceptors (Lipinski definition) is 7. The SMILES string of the molecule is CC(C)C(C(=O)N1CCN(c2ccc(S(=O)(=O)Nc3nccs3)cc2)C(=O)C1)N1CCCc2cc(Cl)ccc21. The lowest BCUT2D eigenvalue weighted by atomic mass is 9.94. The fourth-order valence-electron chi connectivity index (χ4n) is 5.24. The fraction of sp³-hybridized carbons (Fsp3) is 0.370. The zero-order valence-corrected chi connectivity index (χ0v) is 24.1. The van der Waals surface area contributed by atoms with Crippen LogP contribution < -0.4 is 14.5 Å². The summed E-state index contributed by atoms with van der Waals surface area (Å²) in [5.74, 6) is -0.227. The number of hydrogen-bond donors (Lipinski definition) is 1. The van der Waals surface area contributed by atoms with Crippen LogP contribution in [0.2, 0.25) is 5.02 Å². The third-order valence-corrected chi connectivity index (χ3v) is 9.47. The summed E-state index contributed by atoms with van der Waals surface area (Å²) in [5.41, 5.74) is 2.75. The molecule has 206 valence electrons. The van der Waals surface area contributed by atoms with Crippen molar-refractivity contribution >= 4 is 61.3 Å². The van der Waals surface area contributed by atoms with Crippen LogP contribution in [-0.4, -0.2) is 62.3 Å². The number of nitrogens with zero attached hydrogens (tertiary/aromatic N) is 4. The van der Waals surface area contributed by atoms with Gasteiger partial charge in [0.2, 0.25) is 11.8 Å². The van der Waals surface area contributed by atoms with Gasteiger partial charge in [0.15, 0.2) is 5.13 Å². The summed E-state index contributed by atoms with van der Waals surface area (Å²) in [5, 5.41) is 2.65. The summed E-state index contributed by atoms with van der Waals surface area (Å²) in [4.78, 5) is 36.4. The summed E-state index contributed by atoms with van der Waals surface area (Å²) in [6.45, 7) is 5.51. The minimum Gasteiger partial charge on any atom is -0.359 e. The van der Waals surface area contributed by atoms with Crippen LogP contribution in [0.4, 0.5) is 16.5 Å². The molecule has 0 saturated carbocycles. The second-order valence-corrected chi connectivity index (χ2v) is 13.0. The van der Waals surface area contributed by atoms with Gasteiger partial charge >= 0.3 is 0 Å². The standard InChI is InChI=1S/C27H30ClN5O4S2/c1-18(2)25(33-12-3-4-19-16-20(28)5-10-23(19)33)26(35)31-13-14-32(24(34)17-31)21-6-8-22(9-7-21)39(36,37)30-27-29-11-15-38-27/h5-11,15-16,18,25H,3-4,12-14,17H2,1-2H3,(H,29,30). The lowest BCUT2D eigenvalue weighted by Gasteiger charge is -2.43. The monoisotopic (exact) mass is 587 g/mol. The van der Waals surface area contributed by atoms with Crippen molar-refractivity contribution in [1.29, 1.82) is 0 Å². The Morgan fingerprint density at radius 1 is 1.10 bits per heavy atom. The van der Waals surface area contributed by atoms with E-state index in [2.05, 4.69) is 14.6 Å². The highest BCUT2D eigenvalue weighted by Gasteiger charge is 2.37. The van der Waals surface area contributed by atoms with Gasteiger partial charge in [0, 0.05) is 47.6 Å². The molecule has 0 spiro atoms. The minimum absolute atomic E-state index is 0.0327. The van der Waals surface area contributed by atoms with Crippen molar-refractivity contribution in [1.82, 2.24) is 9.88 Å². The number of thiazole rings is 1. The maximum Gasteiger partial charge on any atom is 0.263 e. The molecule has 12 heteroatoms. The van der Waals surface area contributed by atoms with E-state index >= 15 is 0 Å². The van der Waals surface area contributed by atoms with Crippen LogP contribution >= 0.6 is 22.9 Å². The van der Waals surface area contributed by atoms with E-state index in [0.29, 0.717) is 23.8 Å². The zero-order chi connectivity index (χ0) is 27.7. The van der Waals surface area contributed by atoms with E-state index in [1.165, 1.54) is 29.7 Å². The van der Waals surface area contributed by atoms with Crippen LogP contribution in [0.5, 0.6) is 0 Å². The largest absolute Gasteiger partial charge is 0.359 e. The maximum atomic E-state index is 13.8. The molecule has 3 aromatic rings. The number of piperazine rings is 1. The Morgan fingerprint density at radius 3 is 2.54 bits per heavy atom. The topological polar surface area (TPSA) is 103 Å². The number of benzene rings is 2. The van der Waals surface area contributed by atoms with E-state index < -0.39 is 10.0 Å². The number of carbonyl (C=O) groups is 2. The van der Waals surface area contributed by atoms with Crippen molar-refractivity contribution in [2.45, 2.75) is 37.6 Å². The van der Waals surface area contributed by atoms with Crippen molar-refractivity contribution in [3.63, 3.8) is 0 Å². The Morgan fingerprint density at radius 2 is 1.87 bits per heavy atom. The van der Waals surface area contributed by atoms with E-state index in [1.807, 2.05) is 32.0 Å². The third-order valence-electron chi connectivity index (χ3n) is 7.06. The second kappa shape index (κ2) is 11.1. The smallest absolute Gasteiger partial charge is 0.263 e. The van der Waals surface area contributed by atoms with E-state index in [0.717, 1.165) is 30.6 Å². The molecule has 1 unspecified atom stereocenters. The third kappa shape index (κ3) is 5.75. The number of rotatable bonds is 7. The minimum atomic E-state index is -3.79. The number of nitrogens with one attached hydrogen (secondary N) is 1. The van der Waals surface area contributed by atoms with Gasteiger partial charge in [-0.3, -0.25) is 14.3 Å². The number of aryl methyl sites for hydroxylation is 1. The van der Waals surface area contributed by atoms with E-state index in [-0.39, 0.29) is 40.3 Å². The average Bonchev–Trinajstić information content (AvgIpc) is 3.41. The lowest BCUT2D eigenvalue weighted by molar-refractivity contribution is -0.138. The molecule has 2 amide bonds. The highest BCUT2D eigenvalue weighted by atomic mass is 35.5. The molecule has 2 aliphatic rings. The summed E-state index contributed by atoms with van der Waals surface area (Å²) >= 11 is 7.41. The first-order valence-corrected chi connectivity index (χ1v) is 15.5. The normalized spacial score (nSPS) is 16.8. The molecule has 0 aliphatic carbocycles. The van der Waals surface area contributed by atoms with Gasteiger partial charge in [-0.15, -0.1) is 11.3 Å². The van der Waals surface area contributed by atoms with Gasteiger partial charge in [0.05, 0.1) is 4.90 Å². The van der Waals surface area contributed by atoms with Crippen LogP contribution in [0.1, 0.15) is 25.8 Å². The van der Waals surface area contributed by atoms with Gasteiger partial charge in [-0.1, -0.05) is 25.4 Å². The van der Waals surface area contributed by atoms with Crippen molar-refractivity contribution < 1.29 is 18.0 Å². The molecule has 1 atom stereocenters. The number of halogens is 1. The molecule has 3 heterocycles. The first-order chi connectivity index (χ1) is 18.6. The predicted octanol–water partition coefficient (Wildman–Crippen LogP) is 4.25. The number of fused-ring (bicyclic) bond motifs is 1. The van der Waals surface area contributed by atoms with Crippen LogP contribution in [-0.2, 0) is 26.0 Å². The number of anilines is 3. The van der Waals surface area contributed by atoms with Crippen molar-refractivity contribution in [2.75, 3.05) is 40.7 Å². The molecule has 1 aromatic heterocycles.